The number of aryl methyl sites for hydroxylation is 1. The molecule has 3 rings (SSSR count). The number of benzene rings is 1. The van der Waals surface area contributed by atoms with Crippen LogP contribution in [0.25, 0.3) is 0 Å². The number of rotatable bonds is 5. The van der Waals surface area contributed by atoms with Crippen LogP contribution < -0.4 is 5.32 Å². The van der Waals surface area contributed by atoms with E-state index in [-0.39, 0.29) is 5.91 Å². The molecule has 130 valence electrons. The third-order valence-electron chi connectivity index (χ3n) is 4.05. The molecule has 0 spiro atoms. The summed E-state index contributed by atoms with van der Waals surface area (Å²) in [6.45, 7) is 4.13. The molecule has 1 aromatic heterocycles. The van der Waals surface area contributed by atoms with E-state index in [4.69, 9.17) is 4.42 Å². The van der Waals surface area contributed by atoms with E-state index in [0.717, 1.165) is 26.6 Å². The molecule has 1 aliphatic heterocycles. The van der Waals surface area contributed by atoms with Gasteiger partial charge in [-0.1, -0.05) is 40.7 Å². The van der Waals surface area contributed by atoms with Crippen LogP contribution in [0.3, 0.4) is 0 Å². The van der Waals surface area contributed by atoms with Crippen molar-refractivity contribution in [2.24, 2.45) is 16.8 Å². The Bertz CT molecular complexity index is 829. The summed E-state index contributed by atoms with van der Waals surface area (Å²) >= 11 is 5.06. The highest BCUT2D eigenvalue weighted by Gasteiger charge is 2.17. The maximum absolute atomic E-state index is 12.3. The minimum Gasteiger partial charge on any atom is -0.445 e. The standard InChI is InChI=1S/C19H19BrN2O2S/c1-12-9-15(3-4-16(12)20)22-19(23)17-5-6-18(24-17)25-11-14-7-8-21-10-13(14)2/h3-10,13-14H,11H2,1-2H3,(H,22,23)/t13-,14?/m1/s1. The van der Waals surface area contributed by atoms with Crippen LogP contribution in [0.5, 0.6) is 0 Å². The number of carbonyl (C=O) groups excluding carboxylic acids is 1. The second kappa shape index (κ2) is 8.06. The lowest BCUT2D eigenvalue weighted by Crippen LogP contribution is -2.15. The van der Waals surface area contributed by atoms with Gasteiger partial charge in [-0.25, -0.2) is 0 Å². The van der Waals surface area contributed by atoms with E-state index in [1.807, 2.05) is 43.6 Å². The molecule has 0 saturated carbocycles. The van der Waals surface area contributed by atoms with Crippen LogP contribution in [0, 0.1) is 18.8 Å². The van der Waals surface area contributed by atoms with Crippen LogP contribution in [0.4, 0.5) is 5.69 Å². The van der Waals surface area contributed by atoms with E-state index < -0.39 is 0 Å². The van der Waals surface area contributed by atoms with Crippen molar-refractivity contribution in [3.05, 3.63) is 58.4 Å². The number of hydrogen-bond donors (Lipinski definition) is 1. The van der Waals surface area contributed by atoms with Gasteiger partial charge in [-0.05, 0) is 54.7 Å². The number of furan rings is 1. The summed E-state index contributed by atoms with van der Waals surface area (Å²) in [4.78, 5) is 16.5. The summed E-state index contributed by atoms with van der Waals surface area (Å²) in [5.74, 6) is 1.81. The Kier molecular flexibility index (Phi) is 5.81. The van der Waals surface area contributed by atoms with Crippen LogP contribution in [0.15, 0.2) is 61.6 Å². The lowest BCUT2D eigenvalue weighted by atomic mass is 9.96. The molecule has 1 unspecified atom stereocenters. The Hall–Kier alpha value is -1.79. The topological polar surface area (TPSA) is 54.6 Å². The smallest absolute Gasteiger partial charge is 0.291 e. The van der Waals surface area contributed by atoms with Gasteiger partial charge in [0, 0.05) is 28.3 Å². The molecule has 0 fully saturated rings. The number of hydrogen-bond acceptors (Lipinski definition) is 4. The van der Waals surface area contributed by atoms with E-state index >= 15 is 0 Å². The van der Waals surface area contributed by atoms with E-state index in [1.165, 1.54) is 0 Å². The van der Waals surface area contributed by atoms with E-state index in [2.05, 4.69) is 39.2 Å². The molecule has 6 heteroatoms. The molecule has 1 aromatic carbocycles. The lowest BCUT2D eigenvalue weighted by molar-refractivity contribution is 0.0992. The maximum Gasteiger partial charge on any atom is 0.291 e. The van der Waals surface area contributed by atoms with Crippen molar-refractivity contribution in [3.63, 3.8) is 0 Å². The van der Waals surface area contributed by atoms with E-state index in [9.17, 15) is 4.79 Å². The fraction of sp³-hybridized carbons (Fsp3) is 0.263. The molecule has 0 aliphatic carbocycles. The molecular weight excluding hydrogens is 400 g/mol. The third kappa shape index (κ3) is 4.64. The van der Waals surface area contributed by atoms with Gasteiger partial charge in [0.05, 0.1) is 0 Å². The number of nitrogens with zero attached hydrogens (tertiary/aromatic N) is 1. The Morgan fingerprint density at radius 1 is 1.36 bits per heavy atom. The fourth-order valence-electron chi connectivity index (χ4n) is 2.45. The predicted molar refractivity (Wildman–Crippen MR) is 107 cm³/mol. The van der Waals surface area contributed by atoms with Crippen LogP contribution in [-0.2, 0) is 0 Å². The van der Waals surface area contributed by atoms with Gasteiger partial charge >= 0.3 is 0 Å². The largest absolute Gasteiger partial charge is 0.445 e. The Morgan fingerprint density at radius 2 is 2.20 bits per heavy atom. The zero-order valence-corrected chi connectivity index (χ0v) is 16.4. The number of halogens is 1. The number of anilines is 1. The van der Waals surface area contributed by atoms with Gasteiger partial charge in [0.1, 0.15) is 0 Å². The summed E-state index contributed by atoms with van der Waals surface area (Å²) < 4.78 is 6.69. The zero-order valence-electron chi connectivity index (χ0n) is 14.0. The van der Waals surface area contributed by atoms with Gasteiger partial charge in [-0.3, -0.25) is 9.79 Å². The SMILES string of the molecule is Cc1cc(NC(=O)c2ccc(SCC3C=CN=C[C@H]3C)o2)ccc1Br. The van der Waals surface area contributed by atoms with Crippen molar-refractivity contribution < 1.29 is 9.21 Å². The van der Waals surface area contributed by atoms with Gasteiger partial charge in [0.2, 0.25) is 0 Å². The average molecular weight is 419 g/mol. The van der Waals surface area contributed by atoms with Crippen molar-refractivity contribution in [2.45, 2.75) is 18.9 Å². The van der Waals surface area contributed by atoms with Crippen molar-refractivity contribution in [1.82, 2.24) is 0 Å². The van der Waals surface area contributed by atoms with Gasteiger partial charge in [0.15, 0.2) is 10.9 Å². The molecule has 2 atom stereocenters. The molecule has 2 heterocycles. The van der Waals surface area contributed by atoms with Crippen molar-refractivity contribution >= 4 is 45.5 Å². The number of thioether (sulfide) groups is 1. The molecule has 1 amide bonds. The first kappa shape index (κ1) is 18.0. The highest BCUT2D eigenvalue weighted by molar-refractivity contribution is 9.10. The van der Waals surface area contributed by atoms with Gasteiger partial charge in [-0.15, -0.1) is 0 Å². The minimum atomic E-state index is -0.244. The van der Waals surface area contributed by atoms with Crippen LogP contribution in [0.1, 0.15) is 23.0 Å². The molecule has 1 N–H and O–H groups in total. The molecule has 0 bridgehead atoms. The molecule has 0 saturated heterocycles. The second-order valence-electron chi connectivity index (χ2n) is 6.01. The number of nitrogens with one attached hydrogen (secondary N) is 1. The van der Waals surface area contributed by atoms with Gasteiger partial charge in [0.25, 0.3) is 5.91 Å². The maximum atomic E-state index is 12.3. The van der Waals surface area contributed by atoms with Gasteiger partial charge < -0.3 is 9.73 Å². The molecule has 4 nitrogen and oxygen atoms in total. The summed E-state index contributed by atoms with van der Waals surface area (Å²) in [5, 5.41) is 3.61. The predicted octanol–water partition coefficient (Wildman–Crippen LogP) is 5.55. The monoisotopic (exact) mass is 418 g/mol. The van der Waals surface area contributed by atoms with Crippen LogP contribution in [0.2, 0.25) is 0 Å². The molecule has 1 aliphatic rings. The highest BCUT2D eigenvalue weighted by Crippen LogP contribution is 2.28. The summed E-state index contributed by atoms with van der Waals surface area (Å²) in [6.07, 6.45) is 5.92. The van der Waals surface area contributed by atoms with Crippen molar-refractivity contribution in [1.29, 1.82) is 0 Å². The van der Waals surface area contributed by atoms with Crippen LogP contribution in [-0.4, -0.2) is 17.9 Å². The summed E-state index contributed by atoms with van der Waals surface area (Å²) in [5.41, 5.74) is 1.81. The number of amides is 1. The average Bonchev–Trinajstić information content (AvgIpc) is 3.07. The highest BCUT2D eigenvalue weighted by atomic mass is 79.9. The first-order valence-electron chi connectivity index (χ1n) is 8.03. The number of allylic oxidation sites excluding steroid dienone is 1. The van der Waals surface area contributed by atoms with Crippen molar-refractivity contribution in [2.75, 3.05) is 11.1 Å². The lowest BCUT2D eigenvalue weighted by Gasteiger charge is -2.18. The second-order valence-corrected chi connectivity index (χ2v) is 7.89. The third-order valence-corrected chi connectivity index (χ3v) is 6.00. The van der Waals surface area contributed by atoms with E-state index in [0.29, 0.717) is 17.6 Å². The summed E-state index contributed by atoms with van der Waals surface area (Å²) in [6, 6.07) is 9.24. The van der Waals surface area contributed by atoms with E-state index in [1.54, 1.807) is 17.8 Å². The summed E-state index contributed by atoms with van der Waals surface area (Å²) in [7, 11) is 0. The number of carbonyl (C=O) groups is 1. The normalized spacial score (nSPS) is 19.2. The molecule has 0 radical (unpaired) electrons. The Balaban J connectivity index is 1.58. The minimum absolute atomic E-state index is 0.244. The Morgan fingerprint density at radius 3 is 2.96 bits per heavy atom. The van der Waals surface area contributed by atoms with Gasteiger partial charge in [-0.2, -0.15) is 0 Å². The Labute approximate surface area is 159 Å². The number of aliphatic imine (C=N–C) groups is 1. The molecule has 2 aromatic rings. The first-order chi connectivity index (χ1) is 12.0. The van der Waals surface area contributed by atoms with Crippen molar-refractivity contribution in [3.8, 4) is 0 Å². The molecule has 25 heavy (non-hydrogen) atoms. The quantitative estimate of drug-likeness (QED) is 0.647. The fourth-order valence-corrected chi connectivity index (χ4v) is 3.78. The molecular formula is C19H19BrN2O2S. The zero-order chi connectivity index (χ0) is 17.8. The first-order valence-corrected chi connectivity index (χ1v) is 9.81. The van der Waals surface area contributed by atoms with Crippen LogP contribution >= 0.6 is 27.7 Å².